The summed E-state index contributed by atoms with van der Waals surface area (Å²) in [6, 6.07) is 9.36. The Kier molecular flexibility index (Phi) is 7.71. The highest BCUT2D eigenvalue weighted by atomic mass is 32.2. The van der Waals surface area contributed by atoms with Gasteiger partial charge in [0.05, 0.1) is 10.6 Å². The fourth-order valence-electron chi connectivity index (χ4n) is 2.81. The lowest BCUT2D eigenvalue weighted by molar-refractivity contribution is -0.385. The van der Waals surface area contributed by atoms with Crippen LogP contribution in [0.4, 0.5) is 17.1 Å². The lowest BCUT2D eigenvalue weighted by Crippen LogP contribution is -2.35. The van der Waals surface area contributed by atoms with Crippen molar-refractivity contribution >= 4 is 44.4 Å². The van der Waals surface area contributed by atoms with Gasteiger partial charge in [0, 0.05) is 30.9 Å². The molecule has 9 nitrogen and oxygen atoms in total. The molecule has 0 saturated carbocycles. The SMILES string of the molecule is CCN(CC)S(=O)(=O)c1cc([N+](=O)[O-])ccc1NNC(=S)Nc1cccc(C)c1C. The first-order chi connectivity index (χ1) is 14.1. The summed E-state index contributed by atoms with van der Waals surface area (Å²) in [4.78, 5) is 10.3. The van der Waals surface area contributed by atoms with Crippen molar-refractivity contribution in [2.24, 2.45) is 0 Å². The van der Waals surface area contributed by atoms with Crippen molar-refractivity contribution in [2.45, 2.75) is 32.6 Å². The maximum atomic E-state index is 13.0. The summed E-state index contributed by atoms with van der Waals surface area (Å²) < 4.78 is 27.2. The molecule has 0 aliphatic carbocycles. The number of nitrogens with one attached hydrogen (secondary N) is 3. The van der Waals surface area contributed by atoms with E-state index in [4.69, 9.17) is 12.2 Å². The van der Waals surface area contributed by atoms with E-state index >= 15 is 0 Å². The van der Waals surface area contributed by atoms with Gasteiger partial charge in [-0.3, -0.25) is 21.0 Å². The Hall–Kier alpha value is -2.76. The molecule has 0 fully saturated rings. The van der Waals surface area contributed by atoms with Crippen LogP contribution in [0.2, 0.25) is 0 Å². The first-order valence-electron chi connectivity index (χ1n) is 9.29. The maximum absolute atomic E-state index is 13.0. The molecule has 162 valence electrons. The number of nitro groups is 1. The minimum atomic E-state index is -3.94. The molecule has 2 rings (SSSR count). The quantitative estimate of drug-likeness (QED) is 0.317. The Morgan fingerprint density at radius 1 is 1.13 bits per heavy atom. The fourth-order valence-corrected chi connectivity index (χ4v) is 4.59. The number of nitro benzene ring substituents is 1. The van der Waals surface area contributed by atoms with Crippen molar-refractivity contribution in [3.05, 3.63) is 57.6 Å². The largest absolute Gasteiger partial charge is 0.331 e. The van der Waals surface area contributed by atoms with Crippen molar-refractivity contribution in [1.29, 1.82) is 0 Å². The molecule has 0 aromatic heterocycles. The highest BCUT2D eigenvalue weighted by molar-refractivity contribution is 7.89. The molecule has 30 heavy (non-hydrogen) atoms. The van der Waals surface area contributed by atoms with E-state index in [1.807, 2.05) is 32.0 Å². The average molecular weight is 452 g/mol. The second-order valence-corrected chi connectivity index (χ2v) is 8.79. The number of nitrogens with zero attached hydrogens (tertiary/aromatic N) is 2. The van der Waals surface area contributed by atoms with E-state index in [0.717, 1.165) is 22.9 Å². The van der Waals surface area contributed by atoms with Crippen LogP contribution >= 0.6 is 12.2 Å². The third-order valence-corrected chi connectivity index (χ3v) is 6.96. The van der Waals surface area contributed by atoms with E-state index in [-0.39, 0.29) is 34.5 Å². The third-order valence-electron chi connectivity index (χ3n) is 4.66. The van der Waals surface area contributed by atoms with Crippen molar-refractivity contribution in [3.8, 4) is 0 Å². The second-order valence-electron chi connectivity index (χ2n) is 6.48. The van der Waals surface area contributed by atoms with Crippen LogP contribution in [0.3, 0.4) is 0 Å². The highest BCUT2D eigenvalue weighted by Crippen LogP contribution is 2.28. The summed E-state index contributed by atoms with van der Waals surface area (Å²) >= 11 is 5.29. The van der Waals surface area contributed by atoms with E-state index in [9.17, 15) is 18.5 Å². The summed E-state index contributed by atoms with van der Waals surface area (Å²) in [6.07, 6.45) is 0. The number of non-ortho nitro benzene ring substituents is 1. The van der Waals surface area contributed by atoms with Crippen LogP contribution in [0.1, 0.15) is 25.0 Å². The molecule has 0 unspecified atom stereocenters. The van der Waals surface area contributed by atoms with Gasteiger partial charge in [-0.15, -0.1) is 0 Å². The zero-order valence-electron chi connectivity index (χ0n) is 17.2. The predicted molar refractivity (Wildman–Crippen MR) is 122 cm³/mol. The fraction of sp³-hybridized carbons (Fsp3) is 0.316. The van der Waals surface area contributed by atoms with Gasteiger partial charge in [-0.1, -0.05) is 26.0 Å². The standard InChI is InChI=1S/C19H25N5O4S2/c1-5-23(6-2)30(27,28)18-12-15(24(25)26)10-11-17(18)21-22-19(29)20-16-9-7-8-13(3)14(16)4/h7-12,21H,5-6H2,1-4H3,(H2,20,22,29). The number of rotatable bonds is 8. The first kappa shape index (κ1) is 23.5. The maximum Gasteiger partial charge on any atom is 0.270 e. The van der Waals surface area contributed by atoms with Gasteiger partial charge in [0.2, 0.25) is 10.0 Å². The number of benzene rings is 2. The van der Waals surface area contributed by atoms with Gasteiger partial charge in [-0.2, -0.15) is 4.31 Å². The van der Waals surface area contributed by atoms with Crippen LogP contribution in [-0.2, 0) is 10.0 Å². The monoisotopic (exact) mass is 451 g/mol. The topological polar surface area (TPSA) is 117 Å². The number of sulfonamides is 1. The van der Waals surface area contributed by atoms with Crippen LogP contribution < -0.4 is 16.2 Å². The van der Waals surface area contributed by atoms with Gasteiger partial charge in [0.1, 0.15) is 4.90 Å². The van der Waals surface area contributed by atoms with Crippen LogP contribution in [-0.4, -0.2) is 35.8 Å². The van der Waals surface area contributed by atoms with E-state index < -0.39 is 14.9 Å². The summed E-state index contributed by atoms with van der Waals surface area (Å²) in [5.41, 5.74) is 8.28. The molecule has 0 spiro atoms. The molecular weight excluding hydrogens is 426 g/mol. The third kappa shape index (κ3) is 5.23. The van der Waals surface area contributed by atoms with Gasteiger partial charge in [0.25, 0.3) is 5.69 Å². The number of aryl methyl sites for hydroxylation is 1. The number of hydrazine groups is 1. The minimum Gasteiger partial charge on any atom is -0.331 e. The highest BCUT2D eigenvalue weighted by Gasteiger charge is 2.27. The molecule has 0 bridgehead atoms. The molecule has 0 saturated heterocycles. The Morgan fingerprint density at radius 2 is 1.80 bits per heavy atom. The lowest BCUT2D eigenvalue weighted by atomic mass is 10.1. The zero-order chi connectivity index (χ0) is 22.5. The normalized spacial score (nSPS) is 11.2. The van der Waals surface area contributed by atoms with E-state index in [0.29, 0.717) is 0 Å². The molecule has 0 heterocycles. The molecule has 0 atom stereocenters. The Morgan fingerprint density at radius 3 is 2.40 bits per heavy atom. The van der Waals surface area contributed by atoms with Gasteiger partial charge in [-0.25, -0.2) is 8.42 Å². The zero-order valence-corrected chi connectivity index (χ0v) is 18.9. The van der Waals surface area contributed by atoms with Gasteiger partial charge >= 0.3 is 0 Å². The molecule has 2 aromatic carbocycles. The molecule has 3 N–H and O–H groups in total. The Balaban J connectivity index is 2.29. The molecule has 2 aromatic rings. The van der Waals surface area contributed by atoms with Crippen molar-refractivity contribution < 1.29 is 13.3 Å². The average Bonchev–Trinajstić information content (AvgIpc) is 2.70. The van der Waals surface area contributed by atoms with Crippen LogP contribution in [0.25, 0.3) is 0 Å². The number of anilines is 2. The predicted octanol–water partition coefficient (Wildman–Crippen LogP) is 3.56. The minimum absolute atomic E-state index is 0.151. The van der Waals surface area contributed by atoms with E-state index in [1.165, 1.54) is 16.4 Å². The Labute approximate surface area is 181 Å². The van der Waals surface area contributed by atoms with Crippen molar-refractivity contribution in [3.63, 3.8) is 0 Å². The van der Waals surface area contributed by atoms with Crippen LogP contribution in [0.5, 0.6) is 0 Å². The molecular formula is C19H25N5O4S2. The lowest BCUT2D eigenvalue weighted by Gasteiger charge is -2.21. The molecule has 0 aliphatic rings. The summed E-state index contributed by atoms with van der Waals surface area (Å²) in [5, 5.41) is 14.4. The molecule has 0 radical (unpaired) electrons. The first-order valence-corrected chi connectivity index (χ1v) is 11.1. The number of thiocarbonyl (C=S) groups is 1. The molecule has 0 aliphatic heterocycles. The van der Waals surface area contributed by atoms with Gasteiger partial charge in [-0.05, 0) is 49.3 Å². The van der Waals surface area contributed by atoms with Gasteiger partial charge < -0.3 is 5.32 Å². The van der Waals surface area contributed by atoms with Crippen molar-refractivity contribution in [1.82, 2.24) is 9.73 Å². The Bertz CT molecular complexity index is 1050. The molecule has 0 amide bonds. The second kappa shape index (κ2) is 9.83. The number of hydrogen-bond acceptors (Lipinski definition) is 6. The molecule has 11 heteroatoms. The number of hydrogen-bond donors (Lipinski definition) is 3. The van der Waals surface area contributed by atoms with E-state index in [1.54, 1.807) is 13.8 Å². The van der Waals surface area contributed by atoms with E-state index in [2.05, 4.69) is 16.2 Å². The smallest absolute Gasteiger partial charge is 0.270 e. The van der Waals surface area contributed by atoms with Crippen LogP contribution in [0.15, 0.2) is 41.3 Å². The summed E-state index contributed by atoms with van der Waals surface area (Å²) in [7, 11) is -3.94. The van der Waals surface area contributed by atoms with Crippen molar-refractivity contribution in [2.75, 3.05) is 23.8 Å². The summed E-state index contributed by atoms with van der Waals surface area (Å²) in [5.74, 6) is 0. The van der Waals surface area contributed by atoms with Gasteiger partial charge in [0.15, 0.2) is 5.11 Å². The summed E-state index contributed by atoms with van der Waals surface area (Å²) in [6.45, 7) is 7.82. The van der Waals surface area contributed by atoms with Crippen LogP contribution in [0, 0.1) is 24.0 Å².